The maximum Gasteiger partial charge on any atom is 0.244 e. The standard InChI is InChI=1S/C17H23FN2O2S/c1-12(14-4-3-5-15(18)11-14)10-16(21)19-13(2)17(22)20-6-8-23-9-7-20/h3-5,11-13H,6-10H2,1-2H3,(H,19,21). The molecule has 2 rings (SSSR count). The van der Waals surface area contributed by atoms with Crippen molar-refractivity contribution < 1.29 is 14.0 Å². The van der Waals surface area contributed by atoms with Crippen LogP contribution in [0.5, 0.6) is 0 Å². The summed E-state index contributed by atoms with van der Waals surface area (Å²) in [7, 11) is 0. The van der Waals surface area contributed by atoms with Crippen molar-refractivity contribution in [2.75, 3.05) is 24.6 Å². The highest BCUT2D eigenvalue weighted by Crippen LogP contribution is 2.19. The van der Waals surface area contributed by atoms with Crippen LogP contribution in [0.4, 0.5) is 4.39 Å². The van der Waals surface area contributed by atoms with Crippen molar-refractivity contribution in [1.82, 2.24) is 10.2 Å². The number of amides is 2. The summed E-state index contributed by atoms with van der Waals surface area (Å²) in [6, 6.07) is 5.75. The molecule has 2 unspecified atom stereocenters. The molecule has 0 aliphatic carbocycles. The molecule has 1 aromatic carbocycles. The highest BCUT2D eigenvalue weighted by atomic mass is 32.2. The van der Waals surface area contributed by atoms with Gasteiger partial charge in [-0.25, -0.2) is 4.39 Å². The molecule has 1 N–H and O–H groups in total. The van der Waals surface area contributed by atoms with Gasteiger partial charge in [-0.3, -0.25) is 9.59 Å². The minimum Gasteiger partial charge on any atom is -0.345 e. The van der Waals surface area contributed by atoms with E-state index >= 15 is 0 Å². The van der Waals surface area contributed by atoms with Crippen LogP contribution in [0, 0.1) is 5.82 Å². The van der Waals surface area contributed by atoms with Crippen molar-refractivity contribution in [2.45, 2.75) is 32.2 Å². The van der Waals surface area contributed by atoms with Gasteiger partial charge in [0.2, 0.25) is 11.8 Å². The van der Waals surface area contributed by atoms with Crippen molar-refractivity contribution in [3.05, 3.63) is 35.6 Å². The number of carbonyl (C=O) groups excluding carboxylic acids is 2. The zero-order valence-electron chi connectivity index (χ0n) is 13.5. The van der Waals surface area contributed by atoms with E-state index < -0.39 is 6.04 Å². The average molecular weight is 338 g/mol. The van der Waals surface area contributed by atoms with Crippen LogP contribution < -0.4 is 5.32 Å². The molecule has 6 heteroatoms. The van der Waals surface area contributed by atoms with Gasteiger partial charge in [-0.05, 0) is 30.5 Å². The van der Waals surface area contributed by atoms with Crippen LogP contribution in [-0.2, 0) is 9.59 Å². The fraction of sp³-hybridized carbons (Fsp3) is 0.529. The summed E-state index contributed by atoms with van der Waals surface area (Å²) in [5.41, 5.74) is 0.784. The smallest absolute Gasteiger partial charge is 0.244 e. The first kappa shape index (κ1) is 17.8. The minimum absolute atomic E-state index is 0.0305. The summed E-state index contributed by atoms with van der Waals surface area (Å²) in [6.45, 7) is 5.07. The zero-order valence-corrected chi connectivity index (χ0v) is 14.4. The molecule has 1 aliphatic heterocycles. The SMILES string of the molecule is CC(NC(=O)CC(C)c1cccc(F)c1)C(=O)N1CCSCC1. The van der Waals surface area contributed by atoms with Crippen molar-refractivity contribution in [2.24, 2.45) is 0 Å². The van der Waals surface area contributed by atoms with Gasteiger partial charge in [-0.2, -0.15) is 11.8 Å². The number of hydrogen-bond donors (Lipinski definition) is 1. The zero-order chi connectivity index (χ0) is 16.8. The fourth-order valence-electron chi connectivity index (χ4n) is 2.63. The Morgan fingerprint density at radius 1 is 1.30 bits per heavy atom. The number of nitrogens with one attached hydrogen (secondary N) is 1. The quantitative estimate of drug-likeness (QED) is 0.897. The van der Waals surface area contributed by atoms with Crippen LogP contribution in [0.25, 0.3) is 0 Å². The number of carbonyl (C=O) groups is 2. The predicted octanol–water partition coefficient (Wildman–Crippen LogP) is 2.40. The van der Waals surface area contributed by atoms with E-state index in [0.29, 0.717) is 0 Å². The van der Waals surface area contributed by atoms with Gasteiger partial charge in [0.1, 0.15) is 11.9 Å². The second-order valence-corrected chi connectivity index (χ2v) is 7.11. The van der Waals surface area contributed by atoms with Crippen molar-refractivity contribution in [3.8, 4) is 0 Å². The summed E-state index contributed by atoms with van der Waals surface area (Å²) >= 11 is 1.84. The van der Waals surface area contributed by atoms with E-state index in [0.717, 1.165) is 30.2 Å². The Bertz CT molecular complexity index is 561. The third-order valence-corrected chi connectivity index (χ3v) is 4.92. The van der Waals surface area contributed by atoms with Crippen LogP contribution in [0.2, 0.25) is 0 Å². The van der Waals surface area contributed by atoms with Gasteiger partial charge >= 0.3 is 0 Å². The maximum atomic E-state index is 13.2. The van der Waals surface area contributed by atoms with E-state index in [4.69, 9.17) is 0 Å². The molecule has 0 aromatic heterocycles. The summed E-state index contributed by atoms with van der Waals surface area (Å²) in [6.07, 6.45) is 0.233. The minimum atomic E-state index is -0.523. The molecule has 0 bridgehead atoms. The maximum absolute atomic E-state index is 13.2. The molecule has 23 heavy (non-hydrogen) atoms. The first-order valence-corrected chi connectivity index (χ1v) is 9.04. The van der Waals surface area contributed by atoms with E-state index in [9.17, 15) is 14.0 Å². The molecular weight excluding hydrogens is 315 g/mol. The lowest BCUT2D eigenvalue weighted by Crippen LogP contribution is -2.49. The van der Waals surface area contributed by atoms with Gasteiger partial charge in [0.05, 0.1) is 0 Å². The Morgan fingerprint density at radius 2 is 2.00 bits per heavy atom. The Kier molecular flexibility index (Phi) is 6.45. The average Bonchev–Trinajstić information content (AvgIpc) is 2.54. The fourth-order valence-corrected chi connectivity index (χ4v) is 3.53. The molecule has 1 aliphatic rings. The summed E-state index contributed by atoms with van der Waals surface area (Å²) in [5, 5.41) is 2.76. The third-order valence-electron chi connectivity index (χ3n) is 3.98. The summed E-state index contributed by atoms with van der Waals surface area (Å²) < 4.78 is 13.2. The Hall–Kier alpha value is -1.56. The highest BCUT2D eigenvalue weighted by Gasteiger charge is 2.24. The molecule has 126 valence electrons. The molecule has 0 radical (unpaired) electrons. The molecule has 1 fully saturated rings. The van der Waals surface area contributed by atoms with Crippen LogP contribution >= 0.6 is 11.8 Å². The molecular formula is C17H23FN2O2S. The van der Waals surface area contributed by atoms with E-state index in [2.05, 4.69) is 5.32 Å². The van der Waals surface area contributed by atoms with Crippen LogP contribution in [0.15, 0.2) is 24.3 Å². The first-order valence-electron chi connectivity index (χ1n) is 7.88. The third kappa shape index (κ3) is 5.23. The van der Waals surface area contributed by atoms with E-state index in [1.807, 2.05) is 18.7 Å². The Morgan fingerprint density at radius 3 is 2.65 bits per heavy atom. The van der Waals surface area contributed by atoms with Crippen LogP contribution in [0.1, 0.15) is 31.7 Å². The van der Waals surface area contributed by atoms with Gasteiger partial charge in [0.25, 0.3) is 0 Å². The van der Waals surface area contributed by atoms with Gasteiger partial charge < -0.3 is 10.2 Å². The van der Waals surface area contributed by atoms with Crippen molar-refractivity contribution in [1.29, 1.82) is 0 Å². The van der Waals surface area contributed by atoms with E-state index in [1.54, 1.807) is 24.0 Å². The molecule has 2 amide bonds. The lowest BCUT2D eigenvalue weighted by Gasteiger charge is -2.29. The Balaban J connectivity index is 1.84. The number of thioether (sulfide) groups is 1. The van der Waals surface area contributed by atoms with E-state index in [1.165, 1.54) is 12.1 Å². The van der Waals surface area contributed by atoms with Crippen LogP contribution in [-0.4, -0.2) is 47.4 Å². The second-order valence-electron chi connectivity index (χ2n) is 5.89. The van der Waals surface area contributed by atoms with Gasteiger partial charge in [0, 0.05) is 31.0 Å². The van der Waals surface area contributed by atoms with Crippen LogP contribution in [0.3, 0.4) is 0 Å². The van der Waals surface area contributed by atoms with E-state index in [-0.39, 0.29) is 30.0 Å². The molecule has 0 spiro atoms. The number of halogens is 1. The predicted molar refractivity (Wildman–Crippen MR) is 90.9 cm³/mol. The molecule has 4 nitrogen and oxygen atoms in total. The largest absolute Gasteiger partial charge is 0.345 e. The highest BCUT2D eigenvalue weighted by molar-refractivity contribution is 7.99. The molecule has 1 aromatic rings. The van der Waals surface area contributed by atoms with Gasteiger partial charge in [-0.15, -0.1) is 0 Å². The topological polar surface area (TPSA) is 49.4 Å². The molecule has 2 atom stereocenters. The molecule has 1 saturated heterocycles. The number of nitrogens with zero attached hydrogens (tertiary/aromatic N) is 1. The lowest BCUT2D eigenvalue weighted by molar-refractivity contribution is -0.135. The van der Waals surface area contributed by atoms with Gasteiger partial charge in [0.15, 0.2) is 0 Å². The molecule has 1 heterocycles. The number of benzene rings is 1. The lowest BCUT2D eigenvalue weighted by atomic mass is 9.97. The number of hydrogen-bond acceptors (Lipinski definition) is 3. The normalized spacial score (nSPS) is 17.4. The molecule has 0 saturated carbocycles. The van der Waals surface area contributed by atoms with Gasteiger partial charge in [-0.1, -0.05) is 19.1 Å². The first-order chi connectivity index (χ1) is 11.0. The second kappa shape index (κ2) is 8.34. The van der Waals surface area contributed by atoms with Crippen molar-refractivity contribution >= 4 is 23.6 Å². The summed E-state index contributed by atoms with van der Waals surface area (Å²) in [5.74, 6) is 1.28. The monoisotopic (exact) mass is 338 g/mol. The Labute approximate surface area is 140 Å². The van der Waals surface area contributed by atoms with Crippen molar-refractivity contribution in [3.63, 3.8) is 0 Å². The summed E-state index contributed by atoms with van der Waals surface area (Å²) in [4.78, 5) is 26.2. The number of rotatable bonds is 5.